The molecule has 5 nitrogen and oxygen atoms in total. The van der Waals surface area contributed by atoms with Gasteiger partial charge in [-0.25, -0.2) is 0 Å². The molecule has 0 bridgehead atoms. The fraction of sp³-hybridized carbons (Fsp3) is 0.500. The molecule has 1 radical (unpaired) electrons. The van der Waals surface area contributed by atoms with Crippen molar-refractivity contribution >= 4 is 29.9 Å². The molecule has 0 N–H and O–H groups in total. The highest BCUT2D eigenvalue weighted by Gasteiger charge is 2.40. The van der Waals surface area contributed by atoms with E-state index < -0.39 is 29.2 Å². The van der Waals surface area contributed by atoms with Crippen LogP contribution in [0.5, 0.6) is 0 Å². The van der Waals surface area contributed by atoms with Crippen LogP contribution >= 0.6 is 0 Å². The maximum Gasteiger partial charge on any atom is 0.151 e. The standard InChI is InChI=1S/C11H13O4.CH2O/c1-3-8(13)11-9(14)4-7(6(2)12)5-10(11)15;1-2/h7,11H,2-5H2,1H3;1H2. The van der Waals surface area contributed by atoms with E-state index in [4.69, 9.17) is 4.79 Å². The molecule has 1 saturated carbocycles. The van der Waals surface area contributed by atoms with Crippen molar-refractivity contribution < 1.29 is 24.0 Å². The van der Waals surface area contributed by atoms with Gasteiger partial charge in [-0.15, -0.1) is 0 Å². The molecule has 93 valence electrons. The number of hydrogen-bond acceptors (Lipinski definition) is 5. The Morgan fingerprint density at radius 1 is 1.18 bits per heavy atom. The predicted molar refractivity (Wildman–Crippen MR) is 59.0 cm³/mol. The second kappa shape index (κ2) is 6.83. The zero-order valence-electron chi connectivity index (χ0n) is 9.73. The van der Waals surface area contributed by atoms with E-state index in [1.54, 1.807) is 6.92 Å². The average molecular weight is 239 g/mol. The predicted octanol–water partition coefficient (Wildman–Crippen LogP) is 0.348. The van der Waals surface area contributed by atoms with Gasteiger partial charge in [0.2, 0.25) is 0 Å². The van der Waals surface area contributed by atoms with Gasteiger partial charge in [-0.1, -0.05) is 6.92 Å². The summed E-state index contributed by atoms with van der Waals surface area (Å²) < 4.78 is 0. The Bertz CT molecular complexity index is 327. The summed E-state index contributed by atoms with van der Waals surface area (Å²) in [6.07, 6.45) is 0.125. The molecule has 0 spiro atoms. The maximum atomic E-state index is 11.5. The van der Waals surface area contributed by atoms with Crippen molar-refractivity contribution in [2.45, 2.75) is 26.2 Å². The maximum absolute atomic E-state index is 11.5. The molecule has 5 heteroatoms. The summed E-state index contributed by atoms with van der Waals surface area (Å²) >= 11 is 0. The lowest BCUT2D eigenvalue weighted by Gasteiger charge is -2.23. The molecule has 0 aromatic carbocycles. The van der Waals surface area contributed by atoms with Crippen molar-refractivity contribution in [3.8, 4) is 0 Å². The summed E-state index contributed by atoms with van der Waals surface area (Å²) in [7, 11) is 0. The van der Waals surface area contributed by atoms with E-state index in [1.807, 2.05) is 6.79 Å². The first kappa shape index (κ1) is 15.3. The van der Waals surface area contributed by atoms with Gasteiger partial charge in [0.1, 0.15) is 18.5 Å². The van der Waals surface area contributed by atoms with Gasteiger partial charge in [0.25, 0.3) is 0 Å². The van der Waals surface area contributed by atoms with Crippen LogP contribution in [0.15, 0.2) is 0 Å². The Balaban J connectivity index is 0.00000121. The van der Waals surface area contributed by atoms with E-state index in [1.165, 1.54) is 0 Å². The second-order valence-electron chi connectivity index (χ2n) is 3.76. The quantitative estimate of drug-likeness (QED) is 0.663. The molecule has 0 aliphatic heterocycles. The van der Waals surface area contributed by atoms with Gasteiger partial charge in [-0.2, -0.15) is 0 Å². The molecule has 0 unspecified atom stereocenters. The largest absolute Gasteiger partial charge is 0.307 e. The fourth-order valence-electron chi connectivity index (χ4n) is 1.76. The van der Waals surface area contributed by atoms with Crippen molar-refractivity contribution in [1.82, 2.24) is 0 Å². The molecule has 1 aliphatic rings. The third kappa shape index (κ3) is 3.69. The zero-order chi connectivity index (χ0) is 13.6. The molecule has 0 saturated heterocycles. The topological polar surface area (TPSA) is 85.3 Å². The minimum absolute atomic E-state index is 0.0233. The van der Waals surface area contributed by atoms with Gasteiger partial charge in [0.05, 0.1) is 0 Å². The van der Waals surface area contributed by atoms with E-state index >= 15 is 0 Å². The summed E-state index contributed by atoms with van der Waals surface area (Å²) in [4.78, 5) is 53.3. The molecular formula is C12H15O5. The van der Waals surface area contributed by atoms with E-state index in [9.17, 15) is 19.2 Å². The number of carbonyl (C=O) groups is 5. The normalized spacial score (nSPS) is 23.6. The van der Waals surface area contributed by atoms with Crippen LogP contribution in [-0.2, 0) is 24.0 Å². The number of rotatable bonds is 3. The Labute approximate surface area is 99.6 Å². The van der Waals surface area contributed by atoms with E-state index in [-0.39, 0.29) is 25.0 Å². The Morgan fingerprint density at radius 3 is 1.88 bits per heavy atom. The van der Waals surface area contributed by atoms with Crippen LogP contribution in [0, 0.1) is 18.8 Å². The van der Waals surface area contributed by atoms with Crippen LogP contribution in [-0.4, -0.2) is 29.9 Å². The minimum atomic E-state index is -1.12. The van der Waals surface area contributed by atoms with Gasteiger partial charge in [-0.3, -0.25) is 19.2 Å². The van der Waals surface area contributed by atoms with Gasteiger partial charge < -0.3 is 4.79 Å². The van der Waals surface area contributed by atoms with Crippen molar-refractivity contribution in [1.29, 1.82) is 0 Å². The van der Waals surface area contributed by atoms with Crippen LogP contribution in [0.4, 0.5) is 0 Å². The summed E-state index contributed by atoms with van der Waals surface area (Å²) in [5, 5.41) is 0. The zero-order valence-corrected chi connectivity index (χ0v) is 9.73. The van der Waals surface area contributed by atoms with Crippen LogP contribution in [0.3, 0.4) is 0 Å². The van der Waals surface area contributed by atoms with Gasteiger partial charge in [-0.05, 0) is 0 Å². The Hall–Kier alpha value is -1.65. The molecule has 0 aromatic rings. The number of hydrogen-bond donors (Lipinski definition) is 0. The molecule has 1 aliphatic carbocycles. The molecule has 0 heterocycles. The highest BCUT2D eigenvalue weighted by molar-refractivity contribution is 6.21. The lowest BCUT2D eigenvalue weighted by molar-refractivity contribution is -0.145. The first-order chi connectivity index (χ1) is 7.97. The third-order valence-electron chi connectivity index (χ3n) is 2.66. The molecule has 0 aromatic heterocycles. The molecule has 0 atom stereocenters. The Kier molecular flexibility index (Phi) is 6.17. The van der Waals surface area contributed by atoms with E-state index in [0.717, 1.165) is 0 Å². The van der Waals surface area contributed by atoms with Crippen LogP contribution < -0.4 is 0 Å². The van der Waals surface area contributed by atoms with Crippen LogP contribution in [0.2, 0.25) is 0 Å². The van der Waals surface area contributed by atoms with Crippen molar-refractivity contribution in [3.63, 3.8) is 0 Å². The minimum Gasteiger partial charge on any atom is -0.307 e. The molecule has 17 heavy (non-hydrogen) atoms. The first-order valence-corrected chi connectivity index (χ1v) is 5.20. The summed E-state index contributed by atoms with van der Waals surface area (Å²) in [5.41, 5.74) is 0. The monoisotopic (exact) mass is 239 g/mol. The molecule has 1 rings (SSSR count). The molecular weight excluding hydrogens is 224 g/mol. The first-order valence-electron chi connectivity index (χ1n) is 5.20. The SMILES string of the molecule is C=O.[CH2]C(=O)C1CC(=O)C(C(=O)CC)C(=O)C1. The summed E-state index contributed by atoms with van der Waals surface area (Å²) in [5.74, 6) is -3.35. The highest BCUT2D eigenvalue weighted by Crippen LogP contribution is 2.25. The lowest BCUT2D eigenvalue weighted by Crippen LogP contribution is -2.40. The third-order valence-corrected chi connectivity index (χ3v) is 2.66. The number of Topliss-reactive ketones (excluding diaryl/α,β-unsaturated/α-hetero) is 4. The van der Waals surface area contributed by atoms with Crippen LogP contribution in [0.25, 0.3) is 0 Å². The van der Waals surface area contributed by atoms with Crippen LogP contribution in [0.1, 0.15) is 26.2 Å². The highest BCUT2D eigenvalue weighted by atomic mass is 16.2. The van der Waals surface area contributed by atoms with Crippen molar-refractivity contribution in [2.24, 2.45) is 11.8 Å². The summed E-state index contributed by atoms with van der Waals surface area (Å²) in [6.45, 7) is 6.81. The number of ketones is 4. The average Bonchev–Trinajstić information content (AvgIpc) is 2.30. The molecule has 0 amide bonds. The smallest absolute Gasteiger partial charge is 0.151 e. The van der Waals surface area contributed by atoms with Gasteiger partial charge in [0, 0.05) is 32.1 Å². The van der Waals surface area contributed by atoms with E-state index in [0.29, 0.717) is 0 Å². The lowest BCUT2D eigenvalue weighted by atomic mass is 9.76. The Morgan fingerprint density at radius 2 is 1.59 bits per heavy atom. The fourth-order valence-corrected chi connectivity index (χ4v) is 1.76. The molecule has 1 fully saturated rings. The van der Waals surface area contributed by atoms with Crippen molar-refractivity contribution in [2.75, 3.05) is 0 Å². The van der Waals surface area contributed by atoms with Gasteiger partial charge in [0.15, 0.2) is 17.3 Å². The van der Waals surface area contributed by atoms with Crippen molar-refractivity contribution in [3.05, 3.63) is 6.92 Å². The van der Waals surface area contributed by atoms with Gasteiger partial charge >= 0.3 is 0 Å². The summed E-state index contributed by atoms with van der Waals surface area (Å²) in [6, 6.07) is 0. The second-order valence-corrected chi connectivity index (χ2v) is 3.76. The number of carbonyl (C=O) groups excluding carboxylic acids is 5. The van der Waals surface area contributed by atoms with E-state index in [2.05, 4.69) is 6.92 Å².